The smallest absolute Gasteiger partial charge is 0.231 e. The van der Waals surface area contributed by atoms with Crippen LogP contribution in [0.4, 0.5) is 0 Å². The SMILES string of the molecule is CCn1cc(/C=C2\Oc3c(cc4c(c3C)OCN(CCc3cccs3)C4)C2=O)c2ccccc21. The molecule has 0 saturated carbocycles. The molecular formula is C28H26N2O3S. The van der Waals surface area contributed by atoms with Gasteiger partial charge in [-0.05, 0) is 49.9 Å². The second-order valence-corrected chi connectivity index (χ2v) is 9.88. The highest BCUT2D eigenvalue weighted by molar-refractivity contribution is 7.09. The van der Waals surface area contributed by atoms with Crippen molar-refractivity contribution in [2.45, 2.75) is 33.4 Å². The number of rotatable bonds is 5. The van der Waals surface area contributed by atoms with Crippen molar-refractivity contribution >= 4 is 34.1 Å². The van der Waals surface area contributed by atoms with E-state index in [4.69, 9.17) is 9.47 Å². The zero-order valence-corrected chi connectivity index (χ0v) is 20.2. The number of benzene rings is 2. The molecule has 0 radical (unpaired) electrons. The summed E-state index contributed by atoms with van der Waals surface area (Å²) in [5, 5.41) is 3.23. The quantitative estimate of drug-likeness (QED) is 0.334. The van der Waals surface area contributed by atoms with Crippen molar-refractivity contribution in [3.63, 3.8) is 0 Å². The van der Waals surface area contributed by atoms with E-state index in [2.05, 4.69) is 52.2 Å². The van der Waals surface area contributed by atoms with Crippen molar-refractivity contribution in [1.82, 2.24) is 9.47 Å². The van der Waals surface area contributed by atoms with E-state index in [1.165, 1.54) is 4.88 Å². The Morgan fingerprint density at radius 3 is 2.85 bits per heavy atom. The normalized spacial score (nSPS) is 16.5. The summed E-state index contributed by atoms with van der Waals surface area (Å²) < 4.78 is 14.5. The van der Waals surface area contributed by atoms with Gasteiger partial charge in [-0.15, -0.1) is 11.3 Å². The van der Waals surface area contributed by atoms with Crippen molar-refractivity contribution in [3.8, 4) is 11.5 Å². The van der Waals surface area contributed by atoms with Gasteiger partial charge >= 0.3 is 0 Å². The minimum atomic E-state index is -0.0649. The minimum Gasteiger partial charge on any atom is -0.477 e. The summed E-state index contributed by atoms with van der Waals surface area (Å²) >= 11 is 1.78. The lowest BCUT2D eigenvalue weighted by Gasteiger charge is -2.30. The van der Waals surface area contributed by atoms with E-state index < -0.39 is 0 Å². The number of nitrogens with zero attached hydrogens (tertiary/aromatic N) is 2. The lowest BCUT2D eigenvalue weighted by atomic mass is 10.00. The fourth-order valence-electron chi connectivity index (χ4n) is 4.96. The second kappa shape index (κ2) is 8.46. The molecule has 5 nitrogen and oxygen atoms in total. The van der Waals surface area contributed by atoms with E-state index in [0.29, 0.717) is 23.8 Å². The largest absolute Gasteiger partial charge is 0.477 e. The van der Waals surface area contributed by atoms with Crippen LogP contribution in [0, 0.1) is 6.92 Å². The Morgan fingerprint density at radius 2 is 2.03 bits per heavy atom. The molecule has 0 aliphatic carbocycles. The number of carbonyl (C=O) groups is 1. The van der Waals surface area contributed by atoms with Gasteiger partial charge in [0.25, 0.3) is 0 Å². The van der Waals surface area contributed by atoms with Crippen LogP contribution in [0.3, 0.4) is 0 Å². The van der Waals surface area contributed by atoms with Crippen LogP contribution in [0.15, 0.2) is 59.8 Å². The maximum absolute atomic E-state index is 13.4. The van der Waals surface area contributed by atoms with Gasteiger partial charge in [0, 0.05) is 58.3 Å². The predicted octanol–water partition coefficient (Wildman–Crippen LogP) is 6.04. The molecule has 0 spiro atoms. The molecule has 2 aromatic carbocycles. The van der Waals surface area contributed by atoms with Crippen LogP contribution in [-0.4, -0.2) is 28.5 Å². The van der Waals surface area contributed by atoms with E-state index in [0.717, 1.165) is 59.4 Å². The zero-order valence-electron chi connectivity index (χ0n) is 19.3. The Labute approximate surface area is 202 Å². The molecule has 6 rings (SSSR count). The molecule has 0 saturated heterocycles. The molecule has 172 valence electrons. The van der Waals surface area contributed by atoms with Crippen molar-refractivity contribution in [3.05, 3.63) is 86.9 Å². The van der Waals surface area contributed by atoms with Crippen LogP contribution in [-0.2, 0) is 19.5 Å². The summed E-state index contributed by atoms with van der Waals surface area (Å²) in [4.78, 5) is 17.0. The first-order valence-corrected chi connectivity index (χ1v) is 12.6. The molecule has 0 N–H and O–H groups in total. The number of para-hydroxylation sites is 1. The molecule has 0 atom stereocenters. The third-order valence-electron chi connectivity index (χ3n) is 6.70. The first kappa shape index (κ1) is 21.2. The number of Topliss-reactive ketones (excluding diaryl/α,β-unsaturated/α-hetero) is 1. The summed E-state index contributed by atoms with van der Waals surface area (Å²) in [5.74, 6) is 1.78. The number of hydrogen-bond donors (Lipinski definition) is 0. The second-order valence-electron chi connectivity index (χ2n) is 8.85. The molecule has 2 aromatic heterocycles. The van der Waals surface area contributed by atoms with Gasteiger partial charge in [0.05, 0.1) is 5.56 Å². The third kappa shape index (κ3) is 3.54. The highest BCUT2D eigenvalue weighted by atomic mass is 32.1. The van der Waals surface area contributed by atoms with Crippen LogP contribution >= 0.6 is 11.3 Å². The number of hydrogen-bond acceptors (Lipinski definition) is 5. The molecule has 34 heavy (non-hydrogen) atoms. The van der Waals surface area contributed by atoms with Crippen molar-refractivity contribution < 1.29 is 14.3 Å². The number of carbonyl (C=O) groups excluding carboxylic acids is 1. The zero-order chi connectivity index (χ0) is 23.2. The maximum Gasteiger partial charge on any atom is 0.231 e. The number of ether oxygens (including phenoxy) is 2. The molecule has 4 heterocycles. The van der Waals surface area contributed by atoms with Gasteiger partial charge < -0.3 is 14.0 Å². The Morgan fingerprint density at radius 1 is 1.15 bits per heavy atom. The standard InChI is InChI=1S/C28H26N2O3S/c1-3-30-16-19(22-8-4-5-9-24(22)30)14-25-26(31)23-13-20-15-29(11-10-21-7-6-12-34-21)17-32-27(20)18(2)28(23)33-25/h4-9,12-14,16H,3,10-11,15,17H2,1-2H3/b25-14-. The van der Waals surface area contributed by atoms with Gasteiger partial charge in [0.2, 0.25) is 5.78 Å². The minimum absolute atomic E-state index is 0.0649. The summed E-state index contributed by atoms with van der Waals surface area (Å²) in [7, 11) is 0. The van der Waals surface area contributed by atoms with Gasteiger partial charge in [0.1, 0.15) is 18.2 Å². The average Bonchev–Trinajstić information content (AvgIpc) is 3.58. The van der Waals surface area contributed by atoms with Crippen LogP contribution in [0.5, 0.6) is 11.5 Å². The maximum atomic E-state index is 13.4. The molecule has 0 amide bonds. The summed E-state index contributed by atoms with van der Waals surface area (Å²) in [6, 6.07) is 14.5. The van der Waals surface area contributed by atoms with Crippen LogP contribution < -0.4 is 9.47 Å². The highest BCUT2D eigenvalue weighted by Crippen LogP contribution is 2.43. The summed E-state index contributed by atoms with van der Waals surface area (Å²) in [6.45, 7) is 7.21. The summed E-state index contributed by atoms with van der Waals surface area (Å²) in [5.41, 5.74) is 4.73. The molecule has 0 unspecified atom stereocenters. The average molecular weight is 471 g/mol. The van der Waals surface area contributed by atoms with Crippen molar-refractivity contribution in [2.24, 2.45) is 0 Å². The predicted molar refractivity (Wildman–Crippen MR) is 136 cm³/mol. The number of thiophene rings is 1. The third-order valence-corrected chi connectivity index (χ3v) is 7.64. The fourth-order valence-corrected chi connectivity index (χ4v) is 5.65. The Balaban J connectivity index is 1.29. The van der Waals surface area contributed by atoms with Gasteiger partial charge in [-0.2, -0.15) is 0 Å². The molecule has 6 heteroatoms. The molecule has 2 aliphatic rings. The van der Waals surface area contributed by atoms with Crippen LogP contribution in [0.25, 0.3) is 17.0 Å². The van der Waals surface area contributed by atoms with Crippen LogP contribution in [0.2, 0.25) is 0 Å². The Bertz CT molecular complexity index is 1430. The van der Waals surface area contributed by atoms with Crippen molar-refractivity contribution in [1.29, 1.82) is 0 Å². The van der Waals surface area contributed by atoms with E-state index in [1.54, 1.807) is 11.3 Å². The molecule has 0 fully saturated rings. The number of aromatic nitrogens is 1. The molecule has 0 bridgehead atoms. The molecule has 4 aromatic rings. The Hall–Kier alpha value is -3.35. The van der Waals surface area contributed by atoms with E-state index in [9.17, 15) is 4.79 Å². The van der Waals surface area contributed by atoms with Gasteiger partial charge in [-0.25, -0.2) is 0 Å². The van der Waals surface area contributed by atoms with Gasteiger partial charge in [0.15, 0.2) is 5.76 Å². The number of aryl methyl sites for hydroxylation is 1. The first-order chi connectivity index (χ1) is 16.6. The fraction of sp³-hybridized carbons (Fsp3) is 0.250. The lowest BCUT2D eigenvalue weighted by molar-refractivity contribution is 0.0956. The highest BCUT2D eigenvalue weighted by Gasteiger charge is 2.33. The van der Waals surface area contributed by atoms with Crippen LogP contribution in [0.1, 0.15) is 38.8 Å². The Kier molecular flexibility index (Phi) is 5.27. The first-order valence-electron chi connectivity index (χ1n) is 11.7. The van der Waals surface area contributed by atoms with E-state index >= 15 is 0 Å². The monoisotopic (exact) mass is 470 g/mol. The lowest BCUT2D eigenvalue weighted by Crippen LogP contribution is -2.34. The topological polar surface area (TPSA) is 43.7 Å². The number of fused-ring (bicyclic) bond motifs is 3. The summed E-state index contributed by atoms with van der Waals surface area (Å²) in [6.07, 6.45) is 4.97. The van der Waals surface area contributed by atoms with E-state index in [-0.39, 0.29) is 5.78 Å². The van der Waals surface area contributed by atoms with Gasteiger partial charge in [-0.3, -0.25) is 9.69 Å². The van der Waals surface area contributed by atoms with E-state index in [1.807, 2.05) is 31.2 Å². The van der Waals surface area contributed by atoms with Crippen molar-refractivity contribution in [2.75, 3.05) is 13.3 Å². The molecular weight excluding hydrogens is 444 g/mol. The molecule has 2 aliphatic heterocycles. The number of ketones is 1. The number of allylic oxidation sites excluding steroid dienone is 1. The van der Waals surface area contributed by atoms with Gasteiger partial charge in [-0.1, -0.05) is 24.3 Å².